The summed E-state index contributed by atoms with van der Waals surface area (Å²) in [7, 11) is -2.81. The smallest absolute Gasteiger partial charge is 0.322 e. The summed E-state index contributed by atoms with van der Waals surface area (Å²) >= 11 is 7.04. The summed E-state index contributed by atoms with van der Waals surface area (Å²) in [6.45, 7) is 2.20. The molecule has 0 bridgehead atoms. The van der Waals surface area contributed by atoms with Crippen molar-refractivity contribution in [3.63, 3.8) is 0 Å². The molecule has 1 heterocycles. The van der Waals surface area contributed by atoms with E-state index in [-0.39, 0.29) is 11.3 Å². The van der Waals surface area contributed by atoms with Crippen molar-refractivity contribution in [1.29, 1.82) is 0 Å². The number of hydrogen-bond acceptors (Lipinski definition) is 4. The Balaban J connectivity index is 1.47. The van der Waals surface area contributed by atoms with Gasteiger partial charge in [-0.3, -0.25) is 4.79 Å². The Bertz CT molecular complexity index is 1780. The van der Waals surface area contributed by atoms with Crippen molar-refractivity contribution in [2.45, 2.75) is 61.3 Å². The molecule has 0 spiro atoms. The molecule has 2 atom stereocenters. The molecule has 4 aromatic rings. The van der Waals surface area contributed by atoms with E-state index in [0.29, 0.717) is 17.8 Å². The van der Waals surface area contributed by atoms with Gasteiger partial charge in [0.05, 0.1) is 22.0 Å². The van der Waals surface area contributed by atoms with Gasteiger partial charge in [0.15, 0.2) is 0 Å². The van der Waals surface area contributed by atoms with Crippen LogP contribution < -0.4 is 0 Å². The van der Waals surface area contributed by atoms with Crippen LogP contribution in [0.2, 0.25) is 0 Å². The van der Waals surface area contributed by atoms with Crippen LogP contribution in [0.25, 0.3) is 16.9 Å². The van der Waals surface area contributed by atoms with E-state index in [2.05, 4.69) is 31.2 Å². The van der Waals surface area contributed by atoms with Gasteiger partial charge < -0.3 is 5.11 Å². The van der Waals surface area contributed by atoms with Gasteiger partial charge in [0.2, 0.25) is 10.0 Å². The highest BCUT2D eigenvalue weighted by atomic mass is 35.5. The Hall–Kier alpha value is -3.98. The largest absolute Gasteiger partial charge is 0.480 e. The molecule has 1 aliphatic carbocycles. The van der Waals surface area contributed by atoms with Gasteiger partial charge in [-0.1, -0.05) is 98.7 Å². The van der Waals surface area contributed by atoms with Gasteiger partial charge in [0.1, 0.15) is 10.9 Å². The minimum Gasteiger partial charge on any atom is -0.480 e. The van der Waals surface area contributed by atoms with Crippen LogP contribution in [0.5, 0.6) is 0 Å². The van der Waals surface area contributed by atoms with Gasteiger partial charge in [0.25, 0.3) is 0 Å². The number of carboxylic acids is 1. The molecule has 7 nitrogen and oxygen atoms in total. The molecule has 1 unspecified atom stereocenters. The Kier molecular flexibility index (Phi) is 10.1. The summed E-state index contributed by atoms with van der Waals surface area (Å²) in [5, 5.41) is 14.8. The quantitative estimate of drug-likeness (QED) is 0.120. The van der Waals surface area contributed by atoms with Crippen molar-refractivity contribution in [2.75, 3.05) is 7.05 Å². The van der Waals surface area contributed by atoms with Crippen LogP contribution in [0.3, 0.4) is 0 Å². The Morgan fingerprint density at radius 1 is 1.00 bits per heavy atom. The molecule has 0 saturated carbocycles. The number of carboxylic acid groups (broad SMARTS) is 1. The second-order valence-electron chi connectivity index (χ2n) is 11.4. The van der Waals surface area contributed by atoms with Crippen molar-refractivity contribution < 1.29 is 18.3 Å². The number of allylic oxidation sites excluding steroid dienone is 4. The molecular weight excluding hydrogens is 606 g/mol. The summed E-state index contributed by atoms with van der Waals surface area (Å²) in [5.74, 6) is -1.21. The number of likely N-dealkylation sites (N-methyl/N-ethyl adjacent to an activating group) is 1. The van der Waals surface area contributed by atoms with Gasteiger partial charge in [-0.2, -0.15) is 9.40 Å². The lowest BCUT2D eigenvalue weighted by atomic mass is 9.95. The Morgan fingerprint density at radius 3 is 2.33 bits per heavy atom. The van der Waals surface area contributed by atoms with Crippen molar-refractivity contribution in [1.82, 2.24) is 14.1 Å². The van der Waals surface area contributed by atoms with Crippen LogP contribution >= 0.6 is 11.6 Å². The second kappa shape index (κ2) is 14.0. The van der Waals surface area contributed by atoms with E-state index in [9.17, 15) is 18.3 Å². The number of hydrogen-bond donors (Lipinski definition) is 1. The molecule has 3 aromatic carbocycles. The molecule has 5 rings (SSSR count). The lowest BCUT2D eigenvalue weighted by Gasteiger charge is -2.24. The normalized spacial score (nSPS) is 17.1. The van der Waals surface area contributed by atoms with E-state index in [0.717, 1.165) is 34.0 Å². The third-order valence-corrected chi connectivity index (χ3v) is 10.6. The third-order valence-electron chi connectivity index (χ3n) is 8.23. The van der Waals surface area contributed by atoms with Crippen molar-refractivity contribution in [3.05, 3.63) is 126 Å². The molecule has 0 aliphatic heterocycles. The highest BCUT2D eigenvalue weighted by molar-refractivity contribution is 7.89. The minimum atomic E-state index is -4.12. The summed E-state index contributed by atoms with van der Waals surface area (Å²) < 4.78 is 29.9. The predicted octanol–water partition coefficient (Wildman–Crippen LogP) is 7.54. The van der Waals surface area contributed by atoms with Crippen LogP contribution in [0.1, 0.15) is 49.4 Å². The fraction of sp³-hybridized carbons (Fsp3) is 0.278. The van der Waals surface area contributed by atoms with Crippen LogP contribution in [-0.2, 0) is 32.5 Å². The van der Waals surface area contributed by atoms with Gasteiger partial charge in [-0.05, 0) is 67.1 Å². The SMILES string of the molecule is CCCCCc1ccc(-c2cc(C3(Cl)C=CC=CC3)nn2-c2ccc(S(=O)(=O)N(C)[C@@H](Cc3ccccc3)C(=O)O)cc2)cc1. The summed E-state index contributed by atoms with van der Waals surface area (Å²) in [5.41, 5.74) is 5.14. The molecule has 1 N–H and O–H groups in total. The molecule has 0 radical (unpaired) electrons. The van der Waals surface area contributed by atoms with Crippen LogP contribution in [0, 0.1) is 0 Å². The zero-order valence-corrected chi connectivity index (χ0v) is 27.1. The molecule has 0 amide bonds. The van der Waals surface area contributed by atoms with Crippen LogP contribution in [0.4, 0.5) is 0 Å². The van der Waals surface area contributed by atoms with Gasteiger partial charge >= 0.3 is 5.97 Å². The molecule has 1 aliphatic rings. The zero-order chi connectivity index (χ0) is 32.0. The lowest BCUT2D eigenvalue weighted by molar-refractivity contribution is -0.141. The van der Waals surface area contributed by atoms with E-state index < -0.39 is 26.9 Å². The van der Waals surface area contributed by atoms with E-state index in [1.165, 1.54) is 37.6 Å². The lowest BCUT2D eigenvalue weighted by Crippen LogP contribution is -2.43. The van der Waals surface area contributed by atoms with E-state index in [1.54, 1.807) is 41.1 Å². The average Bonchev–Trinajstić information content (AvgIpc) is 3.51. The number of aliphatic carboxylic acids is 1. The van der Waals surface area contributed by atoms with E-state index >= 15 is 0 Å². The molecule has 0 saturated heterocycles. The Morgan fingerprint density at radius 2 is 1.71 bits per heavy atom. The van der Waals surface area contributed by atoms with Gasteiger partial charge in [0, 0.05) is 12.6 Å². The third kappa shape index (κ3) is 7.30. The predicted molar refractivity (Wildman–Crippen MR) is 179 cm³/mol. The maximum atomic E-state index is 13.6. The van der Waals surface area contributed by atoms with E-state index in [1.807, 2.05) is 36.4 Å². The number of aromatic nitrogens is 2. The fourth-order valence-electron chi connectivity index (χ4n) is 5.49. The number of nitrogens with zero attached hydrogens (tertiary/aromatic N) is 3. The maximum Gasteiger partial charge on any atom is 0.322 e. The van der Waals surface area contributed by atoms with Crippen molar-refractivity contribution in [2.24, 2.45) is 0 Å². The van der Waals surface area contributed by atoms with Gasteiger partial charge in [-0.25, -0.2) is 13.1 Å². The number of unbranched alkanes of at least 4 members (excludes halogenated alkanes) is 2. The van der Waals surface area contributed by atoms with E-state index in [4.69, 9.17) is 16.7 Å². The highest BCUT2D eigenvalue weighted by Crippen LogP contribution is 2.39. The van der Waals surface area contributed by atoms with Crippen molar-refractivity contribution in [3.8, 4) is 16.9 Å². The first-order valence-corrected chi connectivity index (χ1v) is 17.0. The second-order valence-corrected chi connectivity index (χ2v) is 14.1. The number of aryl methyl sites for hydroxylation is 1. The summed E-state index contributed by atoms with van der Waals surface area (Å²) in [4.78, 5) is 11.3. The summed E-state index contributed by atoms with van der Waals surface area (Å²) in [6.07, 6.45) is 13.0. The number of alkyl halides is 1. The molecular formula is C36H38ClN3O4S. The summed E-state index contributed by atoms with van der Waals surface area (Å²) in [6, 6.07) is 24.5. The number of benzene rings is 3. The molecule has 1 aromatic heterocycles. The number of sulfonamides is 1. The average molecular weight is 644 g/mol. The Labute approximate surface area is 270 Å². The molecule has 0 fully saturated rings. The highest BCUT2D eigenvalue weighted by Gasteiger charge is 2.34. The first-order valence-electron chi connectivity index (χ1n) is 15.2. The zero-order valence-electron chi connectivity index (χ0n) is 25.5. The number of carbonyl (C=O) groups is 1. The molecule has 45 heavy (non-hydrogen) atoms. The maximum absolute atomic E-state index is 13.6. The standard InChI is InChI=1S/C36H38ClN3O4S/c1-3-4-7-12-27-15-17-29(18-16-27)32-26-34(36(37)23-10-6-11-24-36)38-40(32)30-19-21-31(22-20-30)45(43,44)39(2)33(35(41)42)25-28-13-8-5-9-14-28/h5-6,8-11,13-23,26,33H,3-4,7,12,24-25H2,1-2H3,(H,41,42)/t33-,36?/m0/s1. The fourth-order valence-corrected chi connectivity index (χ4v) is 7.06. The monoisotopic (exact) mass is 643 g/mol. The molecule has 234 valence electrons. The van der Waals surface area contributed by atoms with Crippen molar-refractivity contribution >= 4 is 27.6 Å². The first-order chi connectivity index (χ1) is 21.6. The first kappa shape index (κ1) is 32.4. The number of rotatable bonds is 13. The van der Waals surface area contributed by atoms with Gasteiger partial charge in [-0.15, -0.1) is 11.6 Å². The number of halogens is 1. The van der Waals surface area contributed by atoms with Crippen LogP contribution in [-0.4, -0.2) is 46.7 Å². The minimum absolute atomic E-state index is 0.00686. The van der Waals surface area contributed by atoms with Crippen LogP contribution in [0.15, 0.2) is 114 Å². The molecule has 9 heteroatoms. The topological polar surface area (TPSA) is 92.5 Å².